The Morgan fingerprint density at radius 2 is 1.76 bits per heavy atom. The van der Waals surface area contributed by atoms with E-state index in [4.69, 9.17) is 11.6 Å². The number of hydrogen-bond acceptors (Lipinski definition) is 4. The highest BCUT2D eigenvalue weighted by molar-refractivity contribution is 6.51. The normalized spacial score (nSPS) is 15.3. The average Bonchev–Trinajstić information content (AvgIpc) is 3.41. The van der Waals surface area contributed by atoms with Crippen LogP contribution in [0.5, 0.6) is 0 Å². The zero-order valence-corrected chi connectivity index (χ0v) is 19.0. The van der Waals surface area contributed by atoms with Crippen LogP contribution in [0.25, 0.3) is 33.0 Å². The molecule has 0 bridgehead atoms. The Morgan fingerprint density at radius 3 is 2.52 bits per heavy atom. The summed E-state index contributed by atoms with van der Waals surface area (Å²) in [7, 11) is 3.79. The van der Waals surface area contributed by atoms with E-state index in [1.165, 1.54) is 0 Å². The van der Waals surface area contributed by atoms with Crippen LogP contribution in [0.4, 0.5) is 0 Å². The van der Waals surface area contributed by atoms with Gasteiger partial charge in [0.25, 0.3) is 11.8 Å². The molecule has 3 heterocycles. The number of carbonyl (C=O) groups is 2. The topological polar surface area (TPSA) is 90.4 Å². The number of carbonyl (C=O) groups excluding carboxylic acids is 2. The number of aliphatic hydroxyl groups is 1. The van der Waals surface area contributed by atoms with Gasteiger partial charge < -0.3 is 19.6 Å². The van der Waals surface area contributed by atoms with Crippen molar-refractivity contribution in [3.8, 4) is 0 Å². The molecule has 0 radical (unpaired) electrons. The molecule has 168 valence electrons. The number of nitrogens with one attached hydrogen (secondary N) is 2. The lowest BCUT2D eigenvalue weighted by molar-refractivity contribution is -0.122. The van der Waals surface area contributed by atoms with Crippen LogP contribution in [-0.2, 0) is 16.1 Å². The molecule has 1 atom stereocenters. The molecule has 5 rings (SSSR count). The van der Waals surface area contributed by atoms with Crippen molar-refractivity contribution < 1.29 is 14.7 Å². The van der Waals surface area contributed by atoms with Crippen LogP contribution in [0.3, 0.4) is 0 Å². The number of H-pyrrole nitrogens is 1. The van der Waals surface area contributed by atoms with E-state index in [0.29, 0.717) is 40.2 Å². The molecule has 2 aromatic carbocycles. The number of fused-ring (bicyclic) bond motifs is 2. The summed E-state index contributed by atoms with van der Waals surface area (Å²) in [4.78, 5) is 31.1. The molecular weight excluding hydrogens is 440 g/mol. The maximum atomic E-state index is 13.1. The Hall–Kier alpha value is -3.39. The van der Waals surface area contributed by atoms with Gasteiger partial charge >= 0.3 is 0 Å². The number of benzene rings is 2. The molecule has 4 aromatic rings. The quantitative estimate of drug-likeness (QED) is 0.384. The number of aliphatic hydroxyl groups excluding tert-OH is 1. The van der Waals surface area contributed by atoms with E-state index < -0.39 is 17.9 Å². The third kappa shape index (κ3) is 3.64. The predicted octanol–water partition coefficient (Wildman–Crippen LogP) is 3.27. The van der Waals surface area contributed by atoms with E-state index in [0.717, 1.165) is 16.4 Å². The Bertz CT molecular complexity index is 1450. The van der Waals surface area contributed by atoms with Crippen LogP contribution in [0, 0.1) is 0 Å². The van der Waals surface area contributed by atoms with Crippen molar-refractivity contribution >= 4 is 56.4 Å². The first kappa shape index (κ1) is 21.5. The summed E-state index contributed by atoms with van der Waals surface area (Å²) in [5, 5.41) is 15.0. The molecule has 33 heavy (non-hydrogen) atoms. The van der Waals surface area contributed by atoms with Crippen molar-refractivity contribution in [3.63, 3.8) is 0 Å². The highest BCUT2D eigenvalue weighted by Crippen LogP contribution is 2.40. The molecule has 0 saturated heterocycles. The molecule has 7 nitrogen and oxygen atoms in total. The Morgan fingerprint density at radius 1 is 1.03 bits per heavy atom. The molecule has 1 aliphatic rings. The molecule has 1 aliphatic heterocycles. The van der Waals surface area contributed by atoms with E-state index in [2.05, 4.69) is 10.3 Å². The lowest BCUT2D eigenvalue weighted by atomic mass is 9.95. The first-order valence-corrected chi connectivity index (χ1v) is 11.0. The summed E-state index contributed by atoms with van der Waals surface area (Å²) in [6, 6.07) is 13.1. The lowest BCUT2D eigenvalue weighted by Crippen LogP contribution is -2.29. The fourth-order valence-electron chi connectivity index (χ4n) is 4.60. The van der Waals surface area contributed by atoms with Gasteiger partial charge in [-0.05, 0) is 32.3 Å². The van der Waals surface area contributed by atoms with Crippen molar-refractivity contribution in [2.45, 2.75) is 12.6 Å². The second-order valence-electron chi connectivity index (χ2n) is 8.53. The molecule has 0 saturated carbocycles. The first-order chi connectivity index (χ1) is 15.8. The summed E-state index contributed by atoms with van der Waals surface area (Å²) >= 11 is 6.60. The number of hydrogen-bond donors (Lipinski definition) is 3. The smallest absolute Gasteiger partial charge is 0.259 e. The van der Waals surface area contributed by atoms with Crippen LogP contribution in [0.15, 0.2) is 54.9 Å². The van der Waals surface area contributed by atoms with Gasteiger partial charge in [-0.2, -0.15) is 0 Å². The van der Waals surface area contributed by atoms with Crippen LogP contribution in [-0.4, -0.2) is 58.1 Å². The Balaban J connectivity index is 1.75. The zero-order chi connectivity index (χ0) is 23.3. The van der Waals surface area contributed by atoms with E-state index in [1.807, 2.05) is 60.0 Å². The second kappa shape index (κ2) is 8.19. The monoisotopic (exact) mass is 462 g/mol. The maximum Gasteiger partial charge on any atom is 0.259 e. The van der Waals surface area contributed by atoms with Crippen molar-refractivity contribution in [2.75, 3.05) is 20.6 Å². The van der Waals surface area contributed by atoms with Gasteiger partial charge in [0.15, 0.2) is 0 Å². The number of para-hydroxylation sites is 1. The number of aromatic nitrogens is 2. The minimum Gasteiger partial charge on any atom is -0.390 e. The van der Waals surface area contributed by atoms with Gasteiger partial charge in [0.1, 0.15) is 0 Å². The highest BCUT2D eigenvalue weighted by Gasteiger charge is 2.35. The van der Waals surface area contributed by atoms with Crippen molar-refractivity contribution in [3.05, 3.63) is 71.0 Å². The standard InChI is InChI=1S/C25H23ClN4O3/c1-29(2)11-14(31)12-30-13-17(21-18(26)7-5-9-20(21)30)23-22(24(32)28-25(23)33)16-10-27-19-8-4-3-6-15(16)19/h3-10,13-14,27,31H,11-12H2,1-2H3,(H,28,32,33). The second-order valence-corrected chi connectivity index (χ2v) is 8.93. The number of rotatable bonds is 6. The van der Waals surface area contributed by atoms with Crippen LogP contribution in [0.1, 0.15) is 11.1 Å². The molecule has 2 aromatic heterocycles. The van der Waals surface area contributed by atoms with E-state index >= 15 is 0 Å². The number of halogens is 1. The van der Waals surface area contributed by atoms with Crippen LogP contribution < -0.4 is 5.32 Å². The SMILES string of the molecule is CN(C)CC(O)Cn1cc(C2=C(c3c[nH]c4ccccc34)C(=O)NC2=O)c2c(Cl)cccc21. The Labute approximate surface area is 195 Å². The molecule has 3 N–H and O–H groups in total. The van der Waals surface area contributed by atoms with E-state index in [-0.39, 0.29) is 5.57 Å². The average molecular weight is 463 g/mol. The van der Waals surface area contributed by atoms with Gasteiger partial charge in [-0.3, -0.25) is 14.9 Å². The van der Waals surface area contributed by atoms with Crippen molar-refractivity contribution in [1.29, 1.82) is 0 Å². The summed E-state index contributed by atoms with van der Waals surface area (Å²) in [6.07, 6.45) is 2.93. The number of amides is 2. The zero-order valence-electron chi connectivity index (χ0n) is 18.2. The summed E-state index contributed by atoms with van der Waals surface area (Å²) < 4.78 is 1.89. The molecule has 2 amide bonds. The first-order valence-electron chi connectivity index (χ1n) is 10.6. The number of imide groups is 1. The molecule has 8 heteroatoms. The fourth-order valence-corrected chi connectivity index (χ4v) is 4.87. The molecule has 1 unspecified atom stereocenters. The molecule has 0 spiro atoms. The van der Waals surface area contributed by atoms with Crippen LogP contribution >= 0.6 is 11.6 Å². The highest BCUT2D eigenvalue weighted by atomic mass is 35.5. The summed E-state index contributed by atoms with van der Waals surface area (Å²) in [5.74, 6) is -0.909. The number of nitrogens with zero attached hydrogens (tertiary/aromatic N) is 2. The minimum atomic E-state index is -0.622. The van der Waals surface area contributed by atoms with Gasteiger partial charge in [-0.15, -0.1) is 0 Å². The fraction of sp³-hybridized carbons (Fsp3) is 0.200. The van der Waals surface area contributed by atoms with Gasteiger partial charge in [0.05, 0.1) is 27.8 Å². The molecule has 0 fully saturated rings. The van der Waals surface area contributed by atoms with E-state index in [1.54, 1.807) is 18.5 Å². The third-order valence-electron chi connectivity index (χ3n) is 5.90. The number of aromatic amines is 1. The summed E-state index contributed by atoms with van der Waals surface area (Å²) in [5.41, 5.74) is 3.47. The van der Waals surface area contributed by atoms with Gasteiger partial charge in [0.2, 0.25) is 0 Å². The third-order valence-corrected chi connectivity index (χ3v) is 6.21. The summed E-state index contributed by atoms with van der Waals surface area (Å²) in [6.45, 7) is 0.804. The number of likely N-dealkylation sites (N-methyl/N-ethyl adjacent to an activating group) is 1. The maximum absolute atomic E-state index is 13.1. The van der Waals surface area contributed by atoms with Crippen molar-refractivity contribution in [2.24, 2.45) is 0 Å². The predicted molar refractivity (Wildman–Crippen MR) is 130 cm³/mol. The largest absolute Gasteiger partial charge is 0.390 e. The Kier molecular flexibility index (Phi) is 5.32. The van der Waals surface area contributed by atoms with Crippen molar-refractivity contribution in [1.82, 2.24) is 19.8 Å². The van der Waals surface area contributed by atoms with E-state index in [9.17, 15) is 14.7 Å². The lowest BCUT2D eigenvalue weighted by Gasteiger charge is -2.17. The van der Waals surface area contributed by atoms with Crippen LogP contribution in [0.2, 0.25) is 5.02 Å². The molecular formula is C25H23ClN4O3. The molecule has 0 aliphatic carbocycles. The minimum absolute atomic E-state index is 0.281. The van der Waals surface area contributed by atoms with Gasteiger partial charge in [0, 0.05) is 52.9 Å². The van der Waals surface area contributed by atoms with Gasteiger partial charge in [-0.25, -0.2) is 0 Å². The van der Waals surface area contributed by atoms with Gasteiger partial charge in [-0.1, -0.05) is 35.9 Å².